The van der Waals surface area contributed by atoms with Crippen molar-refractivity contribution >= 4 is 34.7 Å². The van der Waals surface area contributed by atoms with E-state index >= 15 is 0 Å². The van der Waals surface area contributed by atoms with E-state index in [1.165, 1.54) is 6.20 Å². The third kappa shape index (κ3) is 1.68. The Morgan fingerprint density at radius 2 is 2.07 bits per heavy atom. The van der Waals surface area contributed by atoms with Crippen LogP contribution in [0.3, 0.4) is 0 Å². The van der Waals surface area contributed by atoms with Gasteiger partial charge in [0, 0.05) is 0 Å². The highest BCUT2D eigenvalue weighted by Crippen LogP contribution is 2.27. The van der Waals surface area contributed by atoms with Gasteiger partial charge in [-0.25, -0.2) is 14.4 Å². The molecule has 0 saturated heterocycles. The average molecular weight is 251 g/mol. The smallest absolute Gasteiger partial charge is 0.214 e. The predicted octanol–water partition coefficient (Wildman–Crippen LogP) is 2.44. The summed E-state index contributed by atoms with van der Waals surface area (Å²) in [6.45, 7) is 0. The van der Waals surface area contributed by atoms with Gasteiger partial charge in [-0.3, -0.25) is 0 Å². The molecule has 2 rings (SSSR count). The fourth-order valence-electron chi connectivity index (χ4n) is 0.829. The Hall–Kier alpha value is -0.850. The fraction of sp³-hybridized carbons (Fsp3) is 0. The summed E-state index contributed by atoms with van der Waals surface area (Å²) >= 11 is 12.0. The summed E-state index contributed by atoms with van der Waals surface area (Å²) in [4.78, 5) is 7.61. The van der Waals surface area contributed by atoms with Crippen molar-refractivity contribution in [2.75, 3.05) is 0 Å². The lowest BCUT2D eigenvalue weighted by atomic mass is 10.3. The first-order chi connectivity index (χ1) is 6.68. The highest BCUT2D eigenvalue weighted by molar-refractivity contribution is 7.09. The molecule has 4 nitrogen and oxygen atoms in total. The van der Waals surface area contributed by atoms with Crippen LogP contribution in [0, 0.1) is 5.82 Å². The second-order valence-electron chi connectivity index (χ2n) is 2.23. The Kier molecular flexibility index (Phi) is 2.58. The van der Waals surface area contributed by atoms with E-state index in [4.69, 9.17) is 23.2 Å². The first kappa shape index (κ1) is 9.70. The summed E-state index contributed by atoms with van der Waals surface area (Å²) in [5.74, 6) is -0.720. The standard InChI is InChI=1S/C6HCl2FN4S/c7-5-3(9)4(11-6(8)12-5)2-1-10-13-14-2/h1H. The van der Waals surface area contributed by atoms with Gasteiger partial charge in [-0.2, -0.15) is 0 Å². The molecule has 2 heterocycles. The van der Waals surface area contributed by atoms with Crippen LogP contribution in [0.4, 0.5) is 4.39 Å². The monoisotopic (exact) mass is 250 g/mol. The lowest BCUT2D eigenvalue weighted by Crippen LogP contribution is -1.93. The quantitative estimate of drug-likeness (QED) is 0.577. The van der Waals surface area contributed by atoms with E-state index in [0.717, 1.165) is 11.5 Å². The van der Waals surface area contributed by atoms with Crippen LogP contribution in [0.1, 0.15) is 0 Å². The molecular weight excluding hydrogens is 250 g/mol. The minimum atomic E-state index is -0.720. The Balaban J connectivity index is 2.64. The Bertz CT molecular complexity index is 461. The molecule has 14 heavy (non-hydrogen) atoms. The van der Waals surface area contributed by atoms with Gasteiger partial charge in [0.05, 0.1) is 11.1 Å². The molecule has 0 unspecified atom stereocenters. The minimum absolute atomic E-state index is 0.0185. The van der Waals surface area contributed by atoms with Crippen LogP contribution in [0.2, 0.25) is 10.4 Å². The molecule has 0 spiro atoms. The lowest BCUT2D eigenvalue weighted by Gasteiger charge is -1.99. The molecular formula is C6HCl2FN4S. The number of nitrogens with zero attached hydrogens (tertiary/aromatic N) is 4. The summed E-state index contributed by atoms with van der Waals surface area (Å²) in [6.07, 6.45) is 1.38. The summed E-state index contributed by atoms with van der Waals surface area (Å²) in [5, 5.41) is 3.13. The van der Waals surface area contributed by atoms with E-state index in [1.807, 2.05) is 0 Å². The van der Waals surface area contributed by atoms with E-state index in [0.29, 0.717) is 4.88 Å². The first-order valence-electron chi connectivity index (χ1n) is 3.34. The third-order valence-electron chi connectivity index (χ3n) is 1.38. The van der Waals surface area contributed by atoms with Crippen LogP contribution in [-0.2, 0) is 0 Å². The third-order valence-corrected chi connectivity index (χ3v) is 2.47. The maximum Gasteiger partial charge on any atom is 0.224 e. The van der Waals surface area contributed by atoms with Crippen molar-refractivity contribution in [3.05, 3.63) is 22.5 Å². The van der Waals surface area contributed by atoms with Gasteiger partial charge in [0.2, 0.25) is 5.28 Å². The van der Waals surface area contributed by atoms with Gasteiger partial charge in [-0.1, -0.05) is 16.1 Å². The molecule has 72 valence electrons. The zero-order valence-electron chi connectivity index (χ0n) is 6.41. The molecule has 0 atom stereocenters. The van der Waals surface area contributed by atoms with E-state index < -0.39 is 5.82 Å². The molecule has 2 aromatic rings. The molecule has 0 N–H and O–H groups in total. The predicted molar refractivity (Wildman–Crippen MR) is 50.9 cm³/mol. The summed E-state index contributed by atoms with van der Waals surface area (Å²) < 4.78 is 17.0. The fourth-order valence-corrected chi connectivity index (χ4v) is 1.71. The normalized spacial score (nSPS) is 10.5. The highest BCUT2D eigenvalue weighted by atomic mass is 35.5. The summed E-state index contributed by atoms with van der Waals surface area (Å²) in [7, 11) is 0. The summed E-state index contributed by atoms with van der Waals surface area (Å²) in [6, 6.07) is 0. The van der Waals surface area contributed by atoms with Gasteiger partial charge in [0.1, 0.15) is 5.69 Å². The van der Waals surface area contributed by atoms with E-state index in [9.17, 15) is 4.39 Å². The second kappa shape index (κ2) is 3.72. The van der Waals surface area contributed by atoms with E-state index in [1.54, 1.807) is 0 Å². The molecule has 0 amide bonds. The van der Waals surface area contributed by atoms with Crippen molar-refractivity contribution < 1.29 is 4.39 Å². The van der Waals surface area contributed by atoms with Gasteiger partial charge in [0.25, 0.3) is 0 Å². The molecule has 0 aliphatic carbocycles. The zero-order valence-corrected chi connectivity index (χ0v) is 8.74. The van der Waals surface area contributed by atoms with Crippen LogP contribution in [-0.4, -0.2) is 19.6 Å². The van der Waals surface area contributed by atoms with Gasteiger partial charge in [-0.15, -0.1) is 5.10 Å². The molecule has 0 bridgehead atoms. The molecule has 2 aromatic heterocycles. The zero-order chi connectivity index (χ0) is 10.1. The lowest BCUT2D eigenvalue weighted by molar-refractivity contribution is 0.619. The first-order valence-corrected chi connectivity index (χ1v) is 4.87. The number of rotatable bonds is 1. The molecule has 8 heteroatoms. The number of hydrogen-bond donors (Lipinski definition) is 0. The number of hydrogen-bond acceptors (Lipinski definition) is 5. The van der Waals surface area contributed by atoms with Gasteiger partial charge in [-0.05, 0) is 23.1 Å². The van der Waals surface area contributed by atoms with Crippen molar-refractivity contribution in [3.8, 4) is 10.6 Å². The highest BCUT2D eigenvalue weighted by Gasteiger charge is 2.15. The molecule has 0 aromatic carbocycles. The topological polar surface area (TPSA) is 51.6 Å². The second-order valence-corrected chi connectivity index (χ2v) is 3.71. The van der Waals surface area contributed by atoms with Crippen molar-refractivity contribution in [3.63, 3.8) is 0 Å². The van der Waals surface area contributed by atoms with Crippen LogP contribution in [0.15, 0.2) is 6.20 Å². The molecule has 0 aliphatic rings. The van der Waals surface area contributed by atoms with Crippen molar-refractivity contribution in [1.82, 2.24) is 19.6 Å². The van der Waals surface area contributed by atoms with Gasteiger partial charge < -0.3 is 0 Å². The van der Waals surface area contributed by atoms with Crippen LogP contribution in [0.5, 0.6) is 0 Å². The average Bonchev–Trinajstić information content (AvgIpc) is 2.63. The van der Waals surface area contributed by atoms with Crippen LogP contribution >= 0.6 is 34.7 Å². The van der Waals surface area contributed by atoms with Crippen molar-refractivity contribution in [1.29, 1.82) is 0 Å². The number of aromatic nitrogens is 4. The van der Waals surface area contributed by atoms with Crippen molar-refractivity contribution in [2.24, 2.45) is 0 Å². The number of halogens is 3. The summed E-state index contributed by atoms with van der Waals surface area (Å²) in [5.41, 5.74) is 0.0185. The SMILES string of the molecule is Fc1c(Cl)nc(Cl)nc1-c1cnns1. The van der Waals surface area contributed by atoms with Crippen molar-refractivity contribution in [2.45, 2.75) is 0 Å². The Morgan fingerprint density at radius 1 is 1.29 bits per heavy atom. The van der Waals surface area contributed by atoms with Gasteiger partial charge >= 0.3 is 0 Å². The maximum atomic E-state index is 13.4. The largest absolute Gasteiger partial charge is 0.224 e. The Morgan fingerprint density at radius 3 is 2.71 bits per heavy atom. The van der Waals surface area contributed by atoms with E-state index in [2.05, 4.69) is 19.6 Å². The van der Waals surface area contributed by atoms with Crippen LogP contribution < -0.4 is 0 Å². The molecule has 0 fully saturated rings. The molecule has 0 saturated carbocycles. The van der Waals surface area contributed by atoms with Gasteiger partial charge in [0.15, 0.2) is 11.0 Å². The maximum absolute atomic E-state index is 13.4. The minimum Gasteiger partial charge on any atom is -0.214 e. The molecule has 0 aliphatic heterocycles. The van der Waals surface area contributed by atoms with E-state index in [-0.39, 0.29) is 16.1 Å². The Labute approximate surface area is 91.9 Å². The molecule has 0 radical (unpaired) electrons. The van der Waals surface area contributed by atoms with Crippen LogP contribution in [0.25, 0.3) is 10.6 Å².